The van der Waals surface area contributed by atoms with E-state index in [0.29, 0.717) is 10.0 Å². The Kier molecular flexibility index (Phi) is 3.93. The number of hydrogen-bond donors (Lipinski definition) is 0. The van der Waals surface area contributed by atoms with Crippen LogP contribution in [-0.2, 0) is 0 Å². The van der Waals surface area contributed by atoms with Gasteiger partial charge in [0, 0.05) is 29.0 Å². The van der Waals surface area contributed by atoms with Gasteiger partial charge in [-0.15, -0.1) is 0 Å². The average Bonchev–Trinajstić information content (AvgIpc) is 2.20. The first-order chi connectivity index (χ1) is 7.86. The van der Waals surface area contributed by atoms with Gasteiger partial charge < -0.3 is 4.90 Å². The van der Waals surface area contributed by atoms with E-state index in [1.807, 2.05) is 27.7 Å². The van der Waals surface area contributed by atoms with Gasteiger partial charge in [-0.05, 0) is 49.7 Å². The van der Waals surface area contributed by atoms with Crippen molar-refractivity contribution in [3.8, 4) is 0 Å². The molecule has 1 heterocycles. The van der Waals surface area contributed by atoms with Gasteiger partial charge in [-0.3, -0.25) is 9.78 Å². The fourth-order valence-electron chi connectivity index (χ4n) is 1.68. The minimum absolute atomic E-state index is 0.0980. The molecule has 1 aromatic rings. The third kappa shape index (κ3) is 3.04. The van der Waals surface area contributed by atoms with Crippen molar-refractivity contribution in [1.82, 2.24) is 9.88 Å². The van der Waals surface area contributed by atoms with Crippen molar-refractivity contribution in [3.63, 3.8) is 0 Å². The Balaban J connectivity index is 3.15. The van der Waals surface area contributed by atoms with E-state index in [9.17, 15) is 4.79 Å². The SMILES string of the molecule is [2H]c1c(Br)cncc1C(=O)N(C(C)C)C(C)C. The van der Waals surface area contributed by atoms with E-state index in [4.69, 9.17) is 1.37 Å². The summed E-state index contributed by atoms with van der Waals surface area (Å²) in [4.78, 5) is 18.1. The zero-order valence-corrected chi connectivity index (χ0v) is 11.6. The van der Waals surface area contributed by atoms with Crippen molar-refractivity contribution in [2.24, 2.45) is 0 Å². The van der Waals surface area contributed by atoms with Crippen LogP contribution < -0.4 is 0 Å². The predicted molar refractivity (Wildman–Crippen MR) is 68.4 cm³/mol. The fourth-order valence-corrected chi connectivity index (χ4v) is 2.02. The van der Waals surface area contributed by atoms with E-state index in [-0.39, 0.29) is 24.0 Å². The molecule has 16 heavy (non-hydrogen) atoms. The van der Waals surface area contributed by atoms with E-state index in [1.165, 1.54) is 12.4 Å². The third-order valence-electron chi connectivity index (χ3n) is 2.22. The molecular formula is C12H17BrN2O. The number of rotatable bonds is 3. The van der Waals surface area contributed by atoms with Gasteiger partial charge in [0.25, 0.3) is 5.91 Å². The summed E-state index contributed by atoms with van der Waals surface area (Å²) in [5, 5.41) is 0. The Bertz CT molecular complexity index is 413. The predicted octanol–water partition coefficient (Wildman–Crippen LogP) is 3.10. The molecule has 0 aliphatic carbocycles. The van der Waals surface area contributed by atoms with Crippen molar-refractivity contribution < 1.29 is 6.17 Å². The van der Waals surface area contributed by atoms with Crippen LogP contribution in [0.15, 0.2) is 22.9 Å². The summed E-state index contributed by atoms with van der Waals surface area (Å²) in [6.07, 6.45) is 2.97. The second-order valence-electron chi connectivity index (χ2n) is 4.19. The van der Waals surface area contributed by atoms with Crippen LogP contribution in [0.5, 0.6) is 0 Å². The van der Waals surface area contributed by atoms with Crippen LogP contribution in [-0.4, -0.2) is 27.9 Å². The second kappa shape index (κ2) is 5.43. The van der Waals surface area contributed by atoms with E-state index in [0.717, 1.165) is 0 Å². The lowest BCUT2D eigenvalue weighted by atomic mass is 10.1. The van der Waals surface area contributed by atoms with Crippen LogP contribution in [0.2, 0.25) is 0 Å². The zero-order chi connectivity index (χ0) is 13.2. The highest BCUT2D eigenvalue weighted by Gasteiger charge is 2.21. The molecule has 0 unspecified atom stereocenters. The molecule has 4 heteroatoms. The summed E-state index contributed by atoms with van der Waals surface area (Å²) in [6.45, 7) is 7.86. The molecule has 0 bridgehead atoms. The van der Waals surface area contributed by atoms with Gasteiger partial charge in [-0.25, -0.2) is 0 Å². The van der Waals surface area contributed by atoms with Crippen molar-refractivity contribution in [3.05, 3.63) is 28.5 Å². The van der Waals surface area contributed by atoms with Crippen LogP contribution in [0.25, 0.3) is 0 Å². The lowest BCUT2D eigenvalue weighted by molar-refractivity contribution is 0.0643. The van der Waals surface area contributed by atoms with Gasteiger partial charge in [0.1, 0.15) is 0 Å². The Morgan fingerprint density at radius 3 is 2.44 bits per heavy atom. The molecule has 88 valence electrons. The molecule has 0 saturated heterocycles. The number of nitrogens with zero attached hydrogens (tertiary/aromatic N) is 2. The molecule has 0 fully saturated rings. The number of pyridine rings is 1. The minimum Gasteiger partial charge on any atom is -0.334 e. The maximum Gasteiger partial charge on any atom is 0.255 e. The number of hydrogen-bond acceptors (Lipinski definition) is 2. The monoisotopic (exact) mass is 285 g/mol. The van der Waals surface area contributed by atoms with Crippen LogP contribution in [0.1, 0.15) is 39.4 Å². The standard InChI is InChI=1S/C12H17BrN2O/c1-8(2)15(9(3)4)12(16)10-5-11(13)7-14-6-10/h5-9H,1-4H3/i5D. The molecule has 3 nitrogen and oxygen atoms in total. The molecule has 0 saturated carbocycles. The summed E-state index contributed by atoms with van der Waals surface area (Å²) in [5.74, 6) is -0.145. The highest BCUT2D eigenvalue weighted by Crippen LogP contribution is 2.15. The summed E-state index contributed by atoms with van der Waals surface area (Å²) in [6, 6.07) is 0.387. The minimum atomic E-state index is -0.145. The van der Waals surface area contributed by atoms with E-state index >= 15 is 0 Å². The average molecular weight is 286 g/mol. The maximum atomic E-state index is 12.3. The maximum absolute atomic E-state index is 12.3. The molecule has 1 aromatic heterocycles. The topological polar surface area (TPSA) is 33.2 Å². The molecular weight excluding hydrogens is 268 g/mol. The summed E-state index contributed by atoms with van der Waals surface area (Å²) in [5.41, 5.74) is 0.335. The molecule has 0 aromatic carbocycles. The number of aromatic nitrogens is 1. The normalized spacial score (nSPS) is 11.8. The summed E-state index contributed by atoms with van der Waals surface area (Å²) < 4.78 is 8.40. The van der Waals surface area contributed by atoms with Crippen molar-refractivity contribution in [1.29, 1.82) is 0 Å². The molecule has 0 radical (unpaired) electrons. The first kappa shape index (κ1) is 11.6. The molecule has 0 aliphatic rings. The lowest BCUT2D eigenvalue weighted by Gasteiger charge is -2.30. The quantitative estimate of drug-likeness (QED) is 0.855. The van der Waals surface area contributed by atoms with E-state index in [2.05, 4.69) is 20.9 Å². The van der Waals surface area contributed by atoms with E-state index in [1.54, 1.807) is 4.90 Å². The molecule has 0 spiro atoms. The molecule has 1 rings (SSSR count). The van der Waals surface area contributed by atoms with Crippen LogP contribution in [0.3, 0.4) is 0 Å². The number of halogens is 1. The summed E-state index contributed by atoms with van der Waals surface area (Å²) >= 11 is 3.22. The second-order valence-corrected chi connectivity index (χ2v) is 5.05. The third-order valence-corrected chi connectivity index (χ3v) is 2.63. The van der Waals surface area contributed by atoms with Crippen molar-refractivity contribution >= 4 is 21.8 Å². The van der Waals surface area contributed by atoms with Gasteiger partial charge in [0.15, 0.2) is 0 Å². The summed E-state index contributed by atoms with van der Waals surface area (Å²) in [7, 11) is 0. The number of carbonyl (C=O) groups excluding carboxylic acids is 1. The first-order valence-corrected chi connectivity index (χ1v) is 6.08. The molecule has 1 amide bonds. The highest BCUT2D eigenvalue weighted by atomic mass is 79.9. The Labute approximate surface area is 106 Å². The van der Waals surface area contributed by atoms with Crippen LogP contribution >= 0.6 is 15.9 Å². The van der Waals surface area contributed by atoms with Crippen LogP contribution in [0, 0.1) is 0 Å². The van der Waals surface area contributed by atoms with Crippen molar-refractivity contribution in [2.45, 2.75) is 39.8 Å². The van der Waals surface area contributed by atoms with Gasteiger partial charge in [-0.2, -0.15) is 0 Å². The Morgan fingerprint density at radius 2 is 1.94 bits per heavy atom. The zero-order valence-electron chi connectivity index (χ0n) is 11.0. The molecule has 0 N–H and O–H groups in total. The van der Waals surface area contributed by atoms with E-state index < -0.39 is 0 Å². The van der Waals surface area contributed by atoms with Crippen molar-refractivity contribution in [2.75, 3.05) is 0 Å². The molecule has 0 aliphatic heterocycles. The Morgan fingerprint density at radius 1 is 1.38 bits per heavy atom. The van der Waals surface area contributed by atoms with Gasteiger partial charge >= 0.3 is 0 Å². The van der Waals surface area contributed by atoms with Gasteiger partial charge in [0.2, 0.25) is 0 Å². The van der Waals surface area contributed by atoms with Gasteiger partial charge in [0.05, 0.1) is 6.93 Å². The number of amides is 1. The van der Waals surface area contributed by atoms with Crippen LogP contribution in [0.4, 0.5) is 0 Å². The molecule has 0 atom stereocenters. The highest BCUT2D eigenvalue weighted by molar-refractivity contribution is 9.10. The Hall–Kier alpha value is -0.900. The number of carbonyl (C=O) groups is 1. The largest absolute Gasteiger partial charge is 0.334 e. The smallest absolute Gasteiger partial charge is 0.255 e. The lowest BCUT2D eigenvalue weighted by Crippen LogP contribution is -2.42. The first-order valence-electron chi connectivity index (χ1n) is 5.79. The van der Waals surface area contributed by atoms with Gasteiger partial charge in [-0.1, -0.05) is 0 Å². The fraction of sp³-hybridized carbons (Fsp3) is 0.500.